The maximum Gasteiger partial charge on any atom is 0.0474 e. The third-order valence-electron chi connectivity index (χ3n) is 3.95. The van der Waals surface area contributed by atoms with Gasteiger partial charge in [-0.1, -0.05) is 25.7 Å². The van der Waals surface area contributed by atoms with Crippen LogP contribution in [0.4, 0.5) is 0 Å². The van der Waals surface area contributed by atoms with E-state index in [-0.39, 0.29) is 0 Å². The van der Waals surface area contributed by atoms with Gasteiger partial charge in [-0.25, -0.2) is 0 Å². The summed E-state index contributed by atoms with van der Waals surface area (Å²) in [5, 5.41) is 13.0. The van der Waals surface area contributed by atoms with Crippen molar-refractivity contribution in [3.8, 4) is 0 Å². The highest BCUT2D eigenvalue weighted by molar-refractivity contribution is 4.86. The molecule has 2 nitrogen and oxygen atoms in total. The van der Waals surface area contributed by atoms with Crippen LogP contribution in [0.1, 0.15) is 51.4 Å². The zero-order valence-electron chi connectivity index (χ0n) is 9.04. The average Bonchev–Trinajstić information content (AvgIpc) is 2.67. The van der Waals surface area contributed by atoms with Crippen LogP contribution in [0.3, 0.4) is 0 Å². The quantitative estimate of drug-likeness (QED) is 0.726. The first-order valence-electron chi connectivity index (χ1n) is 6.27. The molecule has 0 heterocycles. The Labute approximate surface area is 87.1 Å². The van der Waals surface area contributed by atoms with Gasteiger partial charge in [0, 0.05) is 18.7 Å². The van der Waals surface area contributed by atoms with Crippen LogP contribution in [0.5, 0.6) is 0 Å². The molecule has 0 saturated heterocycles. The van der Waals surface area contributed by atoms with E-state index in [2.05, 4.69) is 5.32 Å². The van der Waals surface area contributed by atoms with Gasteiger partial charge in [0.05, 0.1) is 0 Å². The Bertz CT molecular complexity index is 166. The van der Waals surface area contributed by atoms with Crippen LogP contribution >= 0.6 is 0 Å². The second-order valence-electron chi connectivity index (χ2n) is 4.98. The highest BCUT2D eigenvalue weighted by Crippen LogP contribution is 2.27. The first-order chi connectivity index (χ1) is 6.90. The minimum Gasteiger partial charge on any atom is -0.396 e. The minimum atomic E-state index is 0.379. The fourth-order valence-electron chi connectivity index (χ4n) is 3.05. The molecule has 2 heteroatoms. The molecule has 2 atom stereocenters. The number of hydrogen-bond donors (Lipinski definition) is 2. The molecule has 2 saturated carbocycles. The molecule has 82 valence electrons. The molecule has 2 N–H and O–H groups in total. The second-order valence-corrected chi connectivity index (χ2v) is 4.98. The van der Waals surface area contributed by atoms with Gasteiger partial charge in [0.15, 0.2) is 0 Å². The van der Waals surface area contributed by atoms with E-state index in [9.17, 15) is 5.11 Å². The Kier molecular flexibility index (Phi) is 3.82. The molecule has 2 rings (SSSR count). The summed E-state index contributed by atoms with van der Waals surface area (Å²) in [6.07, 6.45) is 10.7. The van der Waals surface area contributed by atoms with Crippen molar-refractivity contribution in [1.82, 2.24) is 5.32 Å². The lowest BCUT2D eigenvalue weighted by Crippen LogP contribution is -2.42. The van der Waals surface area contributed by atoms with Crippen LogP contribution in [0, 0.1) is 5.92 Å². The molecule has 2 aliphatic rings. The maximum atomic E-state index is 9.23. The number of aliphatic hydroxyl groups is 1. The molecular formula is C12H23NO. The van der Waals surface area contributed by atoms with Crippen molar-refractivity contribution in [1.29, 1.82) is 0 Å². The number of hydrogen-bond acceptors (Lipinski definition) is 2. The molecule has 0 bridgehead atoms. The van der Waals surface area contributed by atoms with E-state index in [0.29, 0.717) is 18.6 Å². The van der Waals surface area contributed by atoms with E-state index in [1.165, 1.54) is 51.4 Å². The fourth-order valence-corrected chi connectivity index (χ4v) is 3.05. The zero-order valence-corrected chi connectivity index (χ0v) is 9.04. The minimum absolute atomic E-state index is 0.379. The summed E-state index contributed by atoms with van der Waals surface area (Å²) in [4.78, 5) is 0. The van der Waals surface area contributed by atoms with Crippen molar-refractivity contribution < 1.29 is 5.11 Å². The van der Waals surface area contributed by atoms with E-state index in [1.54, 1.807) is 0 Å². The lowest BCUT2D eigenvalue weighted by molar-refractivity contribution is 0.193. The summed E-state index contributed by atoms with van der Waals surface area (Å²) >= 11 is 0. The molecule has 0 aromatic rings. The SMILES string of the molecule is OCC1CCCC1NC1CCCCC1. The van der Waals surface area contributed by atoms with Gasteiger partial charge >= 0.3 is 0 Å². The molecule has 0 aliphatic heterocycles. The summed E-state index contributed by atoms with van der Waals surface area (Å²) in [6.45, 7) is 0.379. The third kappa shape index (κ3) is 2.48. The molecule has 0 spiro atoms. The van der Waals surface area contributed by atoms with Crippen molar-refractivity contribution in [3.05, 3.63) is 0 Å². The standard InChI is InChI=1S/C12H23NO/c14-9-10-5-4-8-12(10)13-11-6-2-1-3-7-11/h10-14H,1-9H2. The van der Waals surface area contributed by atoms with Gasteiger partial charge in [0.1, 0.15) is 0 Å². The lowest BCUT2D eigenvalue weighted by atomic mass is 9.93. The highest BCUT2D eigenvalue weighted by Gasteiger charge is 2.28. The predicted octanol–water partition coefficient (Wildman–Crippen LogP) is 2.07. The summed E-state index contributed by atoms with van der Waals surface area (Å²) in [5.74, 6) is 0.539. The highest BCUT2D eigenvalue weighted by atomic mass is 16.3. The van der Waals surface area contributed by atoms with Gasteiger partial charge in [-0.05, 0) is 31.6 Å². The molecule has 0 aromatic heterocycles. The zero-order chi connectivity index (χ0) is 9.80. The first-order valence-corrected chi connectivity index (χ1v) is 6.27. The number of aliphatic hydroxyl groups excluding tert-OH is 1. The molecule has 2 fully saturated rings. The monoisotopic (exact) mass is 197 g/mol. The molecule has 14 heavy (non-hydrogen) atoms. The van der Waals surface area contributed by atoms with Crippen molar-refractivity contribution in [2.45, 2.75) is 63.5 Å². The van der Waals surface area contributed by atoms with E-state index in [4.69, 9.17) is 0 Å². The molecule has 0 aromatic carbocycles. The predicted molar refractivity (Wildman–Crippen MR) is 58.2 cm³/mol. The Morgan fingerprint density at radius 3 is 2.43 bits per heavy atom. The molecule has 2 unspecified atom stereocenters. The Hall–Kier alpha value is -0.0800. The van der Waals surface area contributed by atoms with Crippen molar-refractivity contribution in [2.24, 2.45) is 5.92 Å². The molecule has 2 aliphatic carbocycles. The lowest BCUT2D eigenvalue weighted by Gasteiger charge is -2.29. The first kappa shape index (κ1) is 10.4. The van der Waals surface area contributed by atoms with Gasteiger partial charge in [0.2, 0.25) is 0 Å². The van der Waals surface area contributed by atoms with Gasteiger partial charge < -0.3 is 10.4 Å². The van der Waals surface area contributed by atoms with Crippen LogP contribution in [0.25, 0.3) is 0 Å². The molecule has 0 amide bonds. The van der Waals surface area contributed by atoms with Crippen LogP contribution < -0.4 is 5.32 Å². The Morgan fingerprint density at radius 1 is 0.929 bits per heavy atom. The molecular weight excluding hydrogens is 174 g/mol. The average molecular weight is 197 g/mol. The van der Waals surface area contributed by atoms with E-state index < -0.39 is 0 Å². The van der Waals surface area contributed by atoms with Crippen LogP contribution in [-0.4, -0.2) is 23.8 Å². The second kappa shape index (κ2) is 5.13. The Morgan fingerprint density at radius 2 is 1.71 bits per heavy atom. The summed E-state index contributed by atoms with van der Waals surface area (Å²) in [6, 6.07) is 1.36. The topological polar surface area (TPSA) is 32.3 Å². The van der Waals surface area contributed by atoms with Crippen LogP contribution in [0.2, 0.25) is 0 Å². The normalized spacial score (nSPS) is 34.9. The fraction of sp³-hybridized carbons (Fsp3) is 1.00. The van der Waals surface area contributed by atoms with Gasteiger partial charge in [-0.3, -0.25) is 0 Å². The van der Waals surface area contributed by atoms with Crippen molar-refractivity contribution in [2.75, 3.05) is 6.61 Å². The van der Waals surface area contributed by atoms with E-state index in [0.717, 1.165) is 6.04 Å². The summed E-state index contributed by atoms with van der Waals surface area (Å²) < 4.78 is 0. The number of rotatable bonds is 3. The Balaban J connectivity index is 1.77. The van der Waals surface area contributed by atoms with Crippen molar-refractivity contribution in [3.63, 3.8) is 0 Å². The smallest absolute Gasteiger partial charge is 0.0474 e. The van der Waals surface area contributed by atoms with Crippen molar-refractivity contribution >= 4 is 0 Å². The summed E-state index contributed by atoms with van der Waals surface area (Å²) in [5.41, 5.74) is 0. The number of nitrogens with one attached hydrogen (secondary N) is 1. The third-order valence-corrected chi connectivity index (χ3v) is 3.95. The van der Waals surface area contributed by atoms with E-state index >= 15 is 0 Å². The largest absolute Gasteiger partial charge is 0.396 e. The van der Waals surface area contributed by atoms with Gasteiger partial charge in [-0.15, -0.1) is 0 Å². The van der Waals surface area contributed by atoms with Crippen LogP contribution in [-0.2, 0) is 0 Å². The molecule has 0 radical (unpaired) electrons. The maximum absolute atomic E-state index is 9.23. The van der Waals surface area contributed by atoms with Crippen LogP contribution in [0.15, 0.2) is 0 Å². The van der Waals surface area contributed by atoms with Gasteiger partial charge in [-0.2, -0.15) is 0 Å². The van der Waals surface area contributed by atoms with Gasteiger partial charge in [0.25, 0.3) is 0 Å². The van der Waals surface area contributed by atoms with E-state index in [1.807, 2.05) is 0 Å². The summed E-state index contributed by atoms with van der Waals surface area (Å²) in [7, 11) is 0.